The third-order valence-electron chi connectivity index (χ3n) is 4.31. The van der Waals surface area contributed by atoms with E-state index in [1.807, 2.05) is 48.7 Å². The highest BCUT2D eigenvalue weighted by atomic mass is 16.2. The molecule has 0 bridgehead atoms. The molecule has 7 nitrogen and oxygen atoms in total. The number of aromatic nitrogens is 2. The molecule has 0 radical (unpaired) electrons. The predicted molar refractivity (Wildman–Crippen MR) is 107 cm³/mol. The molecule has 0 saturated heterocycles. The third kappa shape index (κ3) is 4.76. The first-order valence-electron chi connectivity index (χ1n) is 8.96. The number of amides is 3. The van der Waals surface area contributed by atoms with E-state index in [9.17, 15) is 9.59 Å². The quantitative estimate of drug-likeness (QED) is 0.693. The van der Waals surface area contributed by atoms with Gasteiger partial charge in [-0.3, -0.25) is 4.79 Å². The Labute approximate surface area is 164 Å². The number of carbonyl (C=O) groups is 2. The largest absolute Gasteiger partial charge is 0.355 e. The molecule has 3 rings (SSSR count). The van der Waals surface area contributed by atoms with Crippen molar-refractivity contribution in [1.29, 1.82) is 0 Å². The molecular weight excluding hydrogens is 354 g/mol. The van der Waals surface area contributed by atoms with Crippen LogP contribution >= 0.6 is 0 Å². The maximum atomic E-state index is 12.3. The van der Waals surface area contributed by atoms with E-state index in [0.717, 1.165) is 16.8 Å². The summed E-state index contributed by atoms with van der Waals surface area (Å²) in [4.78, 5) is 25.5. The molecule has 0 saturated carbocycles. The van der Waals surface area contributed by atoms with Crippen molar-refractivity contribution in [2.45, 2.75) is 13.1 Å². The smallest absolute Gasteiger partial charge is 0.317 e. The van der Waals surface area contributed by atoms with Crippen LogP contribution in [0.3, 0.4) is 0 Å². The Morgan fingerprint density at radius 2 is 1.75 bits per heavy atom. The van der Waals surface area contributed by atoms with Crippen molar-refractivity contribution in [2.75, 3.05) is 14.1 Å². The van der Waals surface area contributed by atoms with Gasteiger partial charge in [-0.25, -0.2) is 9.48 Å². The Kier molecular flexibility index (Phi) is 6.06. The summed E-state index contributed by atoms with van der Waals surface area (Å²) in [5.41, 5.74) is 3.42. The zero-order valence-electron chi connectivity index (χ0n) is 15.9. The highest BCUT2D eigenvalue weighted by Gasteiger charge is 2.11. The van der Waals surface area contributed by atoms with Crippen molar-refractivity contribution in [1.82, 2.24) is 25.3 Å². The van der Waals surface area contributed by atoms with E-state index < -0.39 is 0 Å². The molecule has 0 fully saturated rings. The van der Waals surface area contributed by atoms with Crippen molar-refractivity contribution in [3.05, 3.63) is 83.7 Å². The van der Waals surface area contributed by atoms with Crippen molar-refractivity contribution in [2.24, 2.45) is 0 Å². The second-order valence-corrected chi connectivity index (χ2v) is 6.42. The average Bonchev–Trinajstić information content (AvgIpc) is 3.21. The van der Waals surface area contributed by atoms with Crippen molar-refractivity contribution in [3.8, 4) is 5.69 Å². The molecule has 3 aromatic rings. The lowest BCUT2D eigenvalue weighted by atomic mass is 10.1. The second kappa shape index (κ2) is 8.85. The van der Waals surface area contributed by atoms with Gasteiger partial charge in [0.25, 0.3) is 5.91 Å². The number of urea groups is 1. The molecule has 2 aromatic carbocycles. The van der Waals surface area contributed by atoms with Crippen molar-refractivity contribution >= 4 is 11.9 Å². The van der Waals surface area contributed by atoms with Gasteiger partial charge in [-0.15, -0.1) is 0 Å². The number of para-hydroxylation sites is 1. The molecule has 28 heavy (non-hydrogen) atoms. The summed E-state index contributed by atoms with van der Waals surface area (Å²) >= 11 is 0. The molecule has 0 aliphatic carbocycles. The van der Waals surface area contributed by atoms with E-state index in [4.69, 9.17) is 0 Å². The van der Waals surface area contributed by atoms with Gasteiger partial charge in [-0.05, 0) is 29.8 Å². The molecule has 0 spiro atoms. The highest BCUT2D eigenvalue weighted by molar-refractivity contribution is 5.93. The predicted octanol–water partition coefficient (Wildman–Crippen LogP) is 2.57. The lowest BCUT2D eigenvalue weighted by Crippen LogP contribution is -2.36. The molecule has 0 aliphatic heterocycles. The zero-order valence-corrected chi connectivity index (χ0v) is 15.9. The van der Waals surface area contributed by atoms with Gasteiger partial charge in [0, 0.05) is 38.0 Å². The van der Waals surface area contributed by atoms with Crippen LogP contribution in [0.15, 0.2) is 67.0 Å². The SMILES string of the molecule is CNC(=O)c1ccc(CNC(=O)N(C)Cc2cnn(-c3ccccc3)c2)cc1. The second-order valence-electron chi connectivity index (χ2n) is 6.42. The minimum Gasteiger partial charge on any atom is -0.355 e. The molecular formula is C21H23N5O2. The van der Waals surface area contributed by atoms with Crippen LogP contribution in [-0.4, -0.2) is 40.7 Å². The summed E-state index contributed by atoms with van der Waals surface area (Å²) in [5, 5.41) is 9.81. The maximum absolute atomic E-state index is 12.3. The molecule has 1 aromatic heterocycles. The minimum atomic E-state index is -0.178. The summed E-state index contributed by atoms with van der Waals surface area (Å²) in [7, 11) is 3.33. The zero-order chi connectivity index (χ0) is 19.9. The fourth-order valence-electron chi connectivity index (χ4n) is 2.74. The van der Waals surface area contributed by atoms with Crippen LogP contribution in [-0.2, 0) is 13.1 Å². The van der Waals surface area contributed by atoms with Crippen LogP contribution in [0.5, 0.6) is 0 Å². The Hall–Kier alpha value is -3.61. The first-order chi connectivity index (χ1) is 13.6. The van der Waals surface area contributed by atoms with Gasteiger partial charge in [0.1, 0.15) is 0 Å². The molecule has 1 heterocycles. The first kappa shape index (κ1) is 19.2. The van der Waals surface area contributed by atoms with E-state index in [1.54, 1.807) is 42.0 Å². The summed E-state index contributed by atoms with van der Waals surface area (Å²) in [6.45, 7) is 0.842. The van der Waals surface area contributed by atoms with Gasteiger partial charge in [-0.1, -0.05) is 30.3 Å². The Morgan fingerprint density at radius 3 is 2.43 bits per heavy atom. The standard InChI is InChI=1S/C21H23N5O2/c1-22-20(27)18-10-8-16(9-11-18)12-23-21(28)25(2)14-17-13-24-26(15-17)19-6-4-3-5-7-19/h3-11,13,15H,12,14H2,1-2H3,(H,22,27)(H,23,28). The number of hydrogen-bond donors (Lipinski definition) is 2. The normalized spacial score (nSPS) is 10.4. The molecule has 0 atom stereocenters. The number of nitrogens with zero attached hydrogens (tertiary/aromatic N) is 3. The molecule has 7 heteroatoms. The molecule has 144 valence electrons. The molecule has 0 aliphatic rings. The third-order valence-corrected chi connectivity index (χ3v) is 4.31. The first-order valence-corrected chi connectivity index (χ1v) is 8.96. The number of hydrogen-bond acceptors (Lipinski definition) is 3. The number of nitrogens with one attached hydrogen (secondary N) is 2. The van der Waals surface area contributed by atoms with Gasteiger partial charge in [0.15, 0.2) is 0 Å². The summed E-state index contributed by atoms with van der Waals surface area (Å²) in [6, 6.07) is 16.8. The van der Waals surface area contributed by atoms with Gasteiger partial charge in [0.2, 0.25) is 0 Å². The monoisotopic (exact) mass is 377 g/mol. The van der Waals surface area contributed by atoms with E-state index >= 15 is 0 Å². The topological polar surface area (TPSA) is 79.3 Å². The number of benzene rings is 2. The van der Waals surface area contributed by atoms with Crippen LogP contribution in [0, 0.1) is 0 Å². The van der Waals surface area contributed by atoms with Crippen LogP contribution in [0.2, 0.25) is 0 Å². The highest BCUT2D eigenvalue weighted by Crippen LogP contribution is 2.09. The van der Waals surface area contributed by atoms with Gasteiger partial charge >= 0.3 is 6.03 Å². The molecule has 2 N–H and O–H groups in total. The van der Waals surface area contributed by atoms with Crippen molar-refractivity contribution < 1.29 is 9.59 Å². The lowest BCUT2D eigenvalue weighted by Gasteiger charge is -2.17. The van der Waals surface area contributed by atoms with Gasteiger partial charge in [-0.2, -0.15) is 5.10 Å². The summed E-state index contributed by atoms with van der Waals surface area (Å²) in [5.74, 6) is -0.133. The van der Waals surface area contributed by atoms with Crippen LogP contribution in [0.25, 0.3) is 5.69 Å². The minimum absolute atomic E-state index is 0.133. The van der Waals surface area contributed by atoms with E-state index in [-0.39, 0.29) is 11.9 Å². The molecule has 0 unspecified atom stereocenters. The van der Waals surface area contributed by atoms with E-state index in [0.29, 0.717) is 18.7 Å². The van der Waals surface area contributed by atoms with E-state index in [1.165, 1.54) is 0 Å². The fourth-order valence-corrected chi connectivity index (χ4v) is 2.74. The van der Waals surface area contributed by atoms with Crippen LogP contribution in [0.4, 0.5) is 4.79 Å². The fraction of sp³-hybridized carbons (Fsp3) is 0.190. The molecule has 3 amide bonds. The Bertz CT molecular complexity index is 935. The van der Waals surface area contributed by atoms with E-state index in [2.05, 4.69) is 15.7 Å². The van der Waals surface area contributed by atoms with Crippen LogP contribution < -0.4 is 10.6 Å². The average molecular weight is 377 g/mol. The number of rotatable bonds is 6. The van der Waals surface area contributed by atoms with Gasteiger partial charge in [0.05, 0.1) is 18.4 Å². The summed E-state index contributed by atoms with van der Waals surface area (Å²) in [6.07, 6.45) is 3.67. The Morgan fingerprint density at radius 1 is 1.04 bits per heavy atom. The summed E-state index contributed by atoms with van der Waals surface area (Å²) < 4.78 is 1.79. The Balaban J connectivity index is 1.52. The number of carbonyl (C=O) groups excluding carboxylic acids is 2. The van der Waals surface area contributed by atoms with Gasteiger partial charge < -0.3 is 15.5 Å². The maximum Gasteiger partial charge on any atom is 0.317 e. The van der Waals surface area contributed by atoms with Crippen molar-refractivity contribution in [3.63, 3.8) is 0 Å². The van der Waals surface area contributed by atoms with Crippen LogP contribution in [0.1, 0.15) is 21.5 Å². The lowest BCUT2D eigenvalue weighted by molar-refractivity contribution is 0.0963.